The summed E-state index contributed by atoms with van der Waals surface area (Å²) < 4.78 is 2.00. The predicted octanol–water partition coefficient (Wildman–Crippen LogP) is 1.51. The van der Waals surface area contributed by atoms with Gasteiger partial charge in [0, 0.05) is 5.69 Å². The summed E-state index contributed by atoms with van der Waals surface area (Å²) in [6, 6.07) is 2.23. The van der Waals surface area contributed by atoms with E-state index in [0.717, 1.165) is 25.0 Å². The topological polar surface area (TPSA) is 81.1 Å². The van der Waals surface area contributed by atoms with Gasteiger partial charge in [-0.1, -0.05) is 13.8 Å². The van der Waals surface area contributed by atoms with E-state index in [0.29, 0.717) is 12.8 Å². The van der Waals surface area contributed by atoms with E-state index in [1.165, 1.54) is 5.69 Å². The second kappa shape index (κ2) is 4.72. The van der Waals surface area contributed by atoms with Crippen molar-refractivity contribution in [3.05, 3.63) is 17.5 Å². The van der Waals surface area contributed by atoms with Crippen molar-refractivity contribution < 1.29 is 9.90 Å². The zero-order valence-electron chi connectivity index (χ0n) is 11.0. The Morgan fingerprint density at radius 2 is 2.33 bits per heavy atom. The first-order valence-corrected chi connectivity index (χ1v) is 6.59. The highest BCUT2D eigenvalue weighted by Crippen LogP contribution is 2.37. The summed E-state index contributed by atoms with van der Waals surface area (Å²) in [5.41, 5.74) is 7.08. The van der Waals surface area contributed by atoms with Crippen LogP contribution in [0.3, 0.4) is 0 Å². The summed E-state index contributed by atoms with van der Waals surface area (Å²) in [7, 11) is 0. The number of aryl methyl sites for hydroxylation is 2. The van der Waals surface area contributed by atoms with Crippen LogP contribution in [0.1, 0.15) is 50.5 Å². The monoisotopic (exact) mass is 251 g/mol. The summed E-state index contributed by atoms with van der Waals surface area (Å²) in [6.07, 6.45) is 3.60. The van der Waals surface area contributed by atoms with Crippen molar-refractivity contribution in [1.29, 1.82) is 0 Å². The van der Waals surface area contributed by atoms with Crippen LogP contribution in [0.15, 0.2) is 6.07 Å². The molecule has 1 aromatic rings. The molecule has 0 bridgehead atoms. The molecular formula is C13H21N3O2. The summed E-state index contributed by atoms with van der Waals surface area (Å²) in [6.45, 7) is 4.17. The van der Waals surface area contributed by atoms with Crippen molar-refractivity contribution in [3.63, 3.8) is 0 Å². The maximum atomic E-state index is 11.2. The fourth-order valence-corrected chi connectivity index (χ4v) is 2.69. The fourth-order valence-electron chi connectivity index (χ4n) is 2.69. The number of aliphatic carboxylic acids is 1. The summed E-state index contributed by atoms with van der Waals surface area (Å²) in [5, 5.41) is 13.7. The minimum absolute atomic E-state index is 0.126. The van der Waals surface area contributed by atoms with E-state index < -0.39 is 11.5 Å². The first kappa shape index (κ1) is 13.1. The lowest BCUT2D eigenvalue weighted by Crippen LogP contribution is -2.45. The van der Waals surface area contributed by atoms with E-state index in [4.69, 9.17) is 10.8 Å². The van der Waals surface area contributed by atoms with Gasteiger partial charge in [0.2, 0.25) is 0 Å². The predicted molar refractivity (Wildman–Crippen MR) is 68.4 cm³/mol. The van der Waals surface area contributed by atoms with Gasteiger partial charge in [0.25, 0.3) is 0 Å². The molecule has 5 heteroatoms. The smallest absolute Gasteiger partial charge is 0.323 e. The number of rotatable bonds is 4. The van der Waals surface area contributed by atoms with Crippen LogP contribution in [0.25, 0.3) is 0 Å². The number of nitrogens with zero attached hydrogens (tertiary/aromatic N) is 2. The van der Waals surface area contributed by atoms with Gasteiger partial charge >= 0.3 is 5.97 Å². The fraction of sp³-hybridized carbons (Fsp3) is 0.692. The van der Waals surface area contributed by atoms with E-state index in [-0.39, 0.29) is 6.04 Å². The Morgan fingerprint density at radius 3 is 2.83 bits per heavy atom. The van der Waals surface area contributed by atoms with Crippen LogP contribution in [-0.2, 0) is 17.6 Å². The van der Waals surface area contributed by atoms with Crippen LogP contribution in [0.5, 0.6) is 0 Å². The molecule has 0 aromatic carbocycles. The number of carbonyl (C=O) groups is 1. The van der Waals surface area contributed by atoms with Gasteiger partial charge in [-0.25, -0.2) is 0 Å². The van der Waals surface area contributed by atoms with Crippen molar-refractivity contribution in [1.82, 2.24) is 9.78 Å². The van der Waals surface area contributed by atoms with Gasteiger partial charge < -0.3 is 10.8 Å². The van der Waals surface area contributed by atoms with Crippen molar-refractivity contribution >= 4 is 5.97 Å². The average Bonchev–Trinajstić information content (AvgIpc) is 2.92. The Morgan fingerprint density at radius 1 is 1.61 bits per heavy atom. The Hall–Kier alpha value is -1.36. The molecule has 100 valence electrons. The lowest BCUT2D eigenvalue weighted by Gasteiger charge is -2.19. The van der Waals surface area contributed by atoms with Gasteiger partial charge in [0.15, 0.2) is 0 Å². The Kier molecular flexibility index (Phi) is 3.43. The van der Waals surface area contributed by atoms with Gasteiger partial charge in [-0.05, 0) is 38.2 Å². The quantitative estimate of drug-likeness (QED) is 0.850. The molecule has 1 saturated carbocycles. The largest absolute Gasteiger partial charge is 0.480 e. The zero-order chi connectivity index (χ0) is 13.3. The standard InChI is InChI=1S/C13H21N3O2/c1-3-9-7-10(4-2)16(15-9)11-5-6-13(14,8-11)12(17)18/h7,11H,3-6,8,14H2,1-2H3,(H,17,18). The van der Waals surface area contributed by atoms with Crippen molar-refractivity contribution in [2.45, 2.75) is 57.5 Å². The molecule has 0 amide bonds. The SMILES string of the molecule is CCc1cc(CC)n(C2CCC(N)(C(=O)O)C2)n1. The average molecular weight is 251 g/mol. The van der Waals surface area contributed by atoms with Gasteiger partial charge in [-0.3, -0.25) is 9.48 Å². The van der Waals surface area contributed by atoms with E-state index >= 15 is 0 Å². The normalized spacial score (nSPS) is 27.6. The molecule has 18 heavy (non-hydrogen) atoms. The third kappa shape index (κ3) is 2.14. The van der Waals surface area contributed by atoms with Gasteiger partial charge in [0.05, 0.1) is 11.7 Å². The number of nitrogens with two attached hydrogens (primary N) is 1. The zero-order valence-corrected chi connectivity index (χ0v) is 11.0. The van der Waals surface area contributed by atoms with Crippen LogP contribution in [0, 0.1) is 0 Å². The molecule has 1 heterocycles. The first-order valence-electron chi connectivity index (χ1n) is 6.59. The number of hydrogen-bond donors (Lipinski definition) is 2. The van der Waals surface area contributed by atoms with E-state index in [2.05, 4.69) is 25.0 Å². The maximum Gasteiger partial charge on any atom is 0.323 e. The van der Waals surface area contributed by atoms with Crippen LogP contribution >= 0.6 is 0 Å². The van der Waals surface area contributed by atoms with E-state index in [9.17, 15) is 4.79 Å². The van der Waals surface area contributed by atoms with Gasteiger partial charge in [0.1, 0.15) is 5.54 Å². The third-order valence-corrected chi connectivity index (χ3v) is 3.88. The molecule has 1 fully saturated rings. The lowest BCUT2D eigenvalue weighted by molar-refractivity contribution is -0.143. The lowest BCUT2D eigenvalue weighted by atomic mass is 9.99. The van der Waals surface area contributed by atoms with Crippen molar-refractivity contribution in [3.8, 4) is 0 Å². The number of hydrogen-bond acceptors (Lipinski definition) is 3. The van der Waals surface area contributed by atoms with E-state index in [1.807, 2.05) is 4.68 Å². The van der Waals surface area contributed by atoms with Crippen molar-refractivity contribution in [2.24, 2.45) is 5.73 Å². The Balaban J connectivity index is 2.23. The minimum atomic E-state index is -1.08. The molecule has 2 rings (SSSR count). The highest BCUT2D eigenvalue weighted by Gasteiger charge is 2.43. The number of carboxylic acid groups (broad SMARTS) is 1. The van der Waals surface area contributed by atoms with E-state index in [1.54, 1.807) is 0 Å². The van der Waals surface area contributed by atoms with Gasteiger partial charge in [-0.15, -0.1) is 0 Å². The highest BCUT2D eigenvalue weighted by atomic mass is 16.4. The second-order valence-corrected chi connectivity index (χ2v) is 5.14. The molecule has 0 spiro atoms. The molecular weight excluding hydrogens is 230 g/mol. The molecule has 3 N–H and O–H groups in total. The molecule has 1 aliphatic rings. The highest BCUT2D eigenvalue weighted by molar-refractivity contribution is 5.78. The molecule has 0 saturated heterocycles. The molecule has 5 nitrogen and oxygen atoms in total. The molecule has 2 unspecified atom stereocenters. The van der Waals surface area contributed by atoms with Crippen LogP contribution in [-0.4, -0.2) is 26.4 Å². The minimum Gasteiger partial charge on any atom is -0.480 e. The molecule has 0 radical (unpaired) electrons. The first-order chi connectivity index (χ1) is 8.50. The maximum absolute atomic E-state index is 11.2. The Labute approximate surface area is 107 Å². The molecule has 2 atom stereocenters. The molecule has 1 aromatic heterocycles. The summed E-state index contributed by atoms with van der Waals surface area (Å²) in [5.74, 6) is -0.897. The summed E-state index contributed by atoms with van der Waals surface area (Å²) >= 11 is 0. The number of aromatic nitrogens is 2. The van der Waals surface area contributed by atoms with Gasteiger partial charge in [-0.2, -0.15) is 5.10 Å². The Bertz CT molecular complexity index is 455. The number of carboxylic acids is 1. The van der Waals surface area contributed by atoms with Crippen LogP contribution in [0.2, 0.25) is 0 Å². The second-order valence-electron chi connectivity index (χ2n) is 5.14. The van der Waals surface area contributed by atoms with Crippen LogP contribution in [0.4, 0.5) is 0 Å². The summed E-state index contributed by atoms with van der Waals surface area (Å²) in [4.78, 5) is 11.2. The van der Waals surface area contributed by atoms with Crippen molar-refractivity contribution in [2.75, 3.05) is 0 Å². The molecule has 0 aliphatic heterocycles. The molecule has 1 aliphatic carbocycles. The third-order valence-electron chi connectivity index (χ3n) is 3.88. The van der Waals surface area contributed by atoms with Crippen LogP contribution < -0.4 is 5.73 Å².